The molecule has 0 aliphatic heterocycles. The van der Waals surface area contributed by atoms with Gasteiger partial charge in [-0.2, -0.15) is 0 Å². The molecule has 0 unspecified atom stereocenters. The first-order valence-corrected chi connectivity index (χ1v) is 7.10. The maximum absolute atomic E-state index is 11.8. The molecule has 0 saturated heterocycles. The Kier molecular flexibility index (Phi) is 5.48. The Morgan fingerprint density at radius 3 is 2.77 bits per heavy atom. The molecule has 0 bridgehead atoms. The highest BCUT2D eigenvalue weighted by Crippen LogP contribution is 2.22. The predicted octanol–water partition coefficient (Wildman–Crippen LogP) is 2.65. The van der Waals surface area contributed by atoms with E-state index < -0.39 is 18.5 Å². The molecule has 1 aromatic heterocycles. The fourth-order valence-electron chi connectivity index (χ4n) is 1.67. The first-order valence-electron chi connectivity index (χ1n) is 6.30. The number of esters is 1. The van der Waals surface area contributed by atoms with Crippen molar-refractivity contribution in [2.24, 2.45) is 0 Å². The molecular weight excluding hydrogens is 352 g/mol. The summed E-state index contributed by atoms with van der Waals surface area (Å²) < 4.78 is 10.7. The molecule has 0 aliphatic rings. The number of carbonyl (C=O) groups excluding carboxylic acids is 2. The van der Waals surface area contributed by atoms with Gasteiger partial charge in [-0.1, -0.05) is 12.1 Å². The number of nitrogens with zero attached hydrogens (tertiary/aromatic N) is 1. The third-order valence-electron chi connectivity index (χ3n) is 2.66. The molecule has 6 nitrogen and oxygen atoms in total. The minimum Gasteiger partial charge on any atom is -0.495 e. The minimum absolute atomic E-state index is 0.263. The normalized spacial score (nSPS) is 9.91. The Labute approximate surface area is 135 Å². The van der Waals surface area contributed by atoms with Crippen molar-refractivity contribution in [2.45, 2.75) is 0 Å². The number of hydrogen-bond acceptors (Lipinski definition) is 5. The predicted molar refractivity (Wildman–Crippen MR) is 83.8 cm³/mol. The number of carbonyl (C=O) groups is 2. The van der Waals surface area contributed by atoms with Crippen LogP contribution in [-0.2, 0) is 9.53 Å². The quantitative estimate of drug-likeness (QED) is 0.825. The summed E-state index contributed by atoms with van der Waals surface area (Å²) in [5.74, 6) is -0.553. The van der Waals surface area contributed by atoms with Crippen LogP contribution in [0, 0.1) is 0 Å². The van der Waals surface area contributed by atoms with Crippen LogP contribution in [0.3, 0.4) is 0 Å². The molecule has 22 heavy (non-hydrogen) atoms. The standard InChI is InChI=1S/C15H13BrN2O4/c1-21-13-5-3-2-4-12(13)18-14(19)9-22-15(20)10-6-11(16)8-17-7-10/h2-8H,9H2,1H3,(H,18,19). The van der Waals surface area contributed by atoms with Crippen molar-refractivity contribution in [3.8, 4) is 5.75 Å². The largest absolute Gasteiger partial charge is 0.495 e. The zero-order chi connectivity index (χ0) is 15.9. The Bertz CT molecular complexity index is 691. The second-order valence-electron chi connectivity index (χ2n) is 4.22. The van der Waals surface area contributed by atoms with Gasteiger partial charge in [0.15, 0.2) is 6.61 Å². The van der Waals surface area contributed by atoms with E-state index in [-0.39, 0.29) is 5.56 Å². The lowest BCUT2D eigenvalue weighted by Gasteiger charge is -2.10. The van der Waals surface area contributed by atoms with Crippen LogP contribution >= 0.6 is 15.9 Å². The Balaban J connectivity index is 1.91. The van der Waals surface area contributed by atoms with Crippen molar-refractivity contribution in [3.63, 3.8) is 0 Å². The van der Waals surface area contributed by atoms with Crippen LogP contribution in [0.5, 0.6) is 5.75 Å². The van der Waals surface area contributed by atoms with Crippen LogP contribution in [0.1, 0.15) is 10.4 Å². The summed E-state index contributed by atoms with van der Waals surface area (Å²) in [5, 5.41) is 2.61. The summed E-state index contributed by atoms with van der Waals surface area (Å²) in [5.41, 5.74) is 0.773. The molecule has 0 radical (unpaired) electrons. The first-order chi connectivity index (χ1) is 10.6. The molecule has 0 atom stereocenters. The molecule has 1 aromatic carbocycles. The minimum atomic E-state index is -0.621. The molecule has 0 fully saturated rings. The van der Waals surface area contributed by atoms with Crippen molar-refractivity contribution < 1.29 is 19.1 Å². The molecule has 0 spiro atoms. The van der Waals surface area contributed by atoms with Gasteiger partial charge in [0, 0.05) is 16.9 Å². The van der Waals surface area contributed by atoms with Crippen molar-refractivity contribution in [3.05, 3.63) is 52.8 Å². The zero-order valence-electron chi connectivity index (χ0n) is 11.7. The van der Waals surface area contributed by atoms with E-state index in [0.717, 1.165) is 0 Å². The number of methoxy groups -OCH3 is 1. The number of pyridine rings is 1. The number of hydrogen-bond donors (Lipinski definition) is 1. The number of amides is 1. The third-order valence-corrected chi connectivity index (χ3v) is 3.09. The zero-order valence-corrected chi connectivity index (χ0v) is 13.3. The van der Waals surface area contributed by atoms with Crippen molar-refractivity contribution in [1.82, 2.24) is 4.98 Å². The van der Waals surface area contributed by atoms with Gasteiger partial charge < -0.3 is 14.8 Å². The average molecular weight is 365 g/mol. The average Bonchev–Trinajstić information content (AvgIpc) is 2.53. The highest BCUT2D eigenvalue weighted by molar-refractivity contribution is 9.10. The molecule has 1 heterocycles. The van der Waals surface area contributed by atoms with E-state index in [4.69, 9.17) is 9.47 Å². The van der Waals surface area contributed by atoms with Gasteiger partial charge in [-0.25, -0.2) is 4.79 Å². The smallest absolute Gasteiger partial charge is 0.340 e. The molecule has 2 rings (SSSR count). The van der Waals surface area contributed by atoms with Gasteiger partial charge >= 0.3 is 5.97 Å². The Morgan fingerprint density at radius 2 is 2.05 bits per heavy atom. The molecule has 1 N–H and O–H groups in total. The lowest BCUT2D eigenvalue weighted by atomic mass is 10.3. The van der Waals surface area contributed by atoms with E-state index in [2.05, 4.69) is 26.2 Å². The summed E-state index contributed by atoms with van der Waals surface area (Å²) in [7, 11) is 1.51. The molecule has 114 valence electrons. The van der Waals surface area contributed by atoms with E-state index in [1.165, 1.54) is 13.3 Å². The molecule has 0 saturated carbocycles. The van der Waals surface area contributed by atoms with Crippen molar-refractivity contribution in [1.29, 1.82) is 0 Å². The number of aromatic nitrogens is 1. The monoisotopic (exact) mass is 364 g/mol. The maximum Gasteiger partial charge on any atom is 0.340 e. The van der Waals surface area contributed by atoms with Crippen molar-refractivity contribution in [2.75, 3.05) is 19.0 Å². The van der Waals surface area contributed by atoms with E-state index in [0.29, 0.717) is 15.9 Å². The van der Waals surface area contributed by atoms with Crippen LogP contribution in [-0.4, -0.2) is 30.6 Å². The number of anilines is 1. The summed E-state index contributed by atoms with van der Waals surface area (Å²) in [6.45, 7) is -0.399. The van der Waals surface area contributed by atoms with Gasteiger partial charge in [0.05, 0.1) is 18.4 Å². The highest BCUT2D eigenvalue weighted by Gasteiger charge is 2.12. The number of benzene rings is 1. The van der Waals surface area contributed by atoms with Crippen LogP contribution < -0.4 is 10.1 Å². The second-order valence-corrected chi connectivity index (χ2v) is 5.13. The van der Waals surface area contributed by atoms with Crippen LogP contribution in [0.15, 0.2) is 47.2 Å². The first kappa shape index (κ1) is 16.0. The van der Waals surface area contributed by atoms with E-state index in [9.17, 15) is 9.59 Å². The topological polar surface area (TPSA) is 77.5 Å². The maximum atomic E-state index is 11.8. The number of para-hydroxylation sites is 2. The van der Waals surface area contributed by atoms with Gasteiger partial charge in [-0.3, -0.25) is 9.78 Å². The molecule has 7 heteroatoms. The number of nitrogens with one attached hydrogen (secondary N) is 1. The summed E-state index contributed by atoms with van der Waals surface area (Å²) in [4.78, 5) is 27.5. The fourth-order valence-corrected chi connectivity index (χ4v) is 2.04. The second kappa shape index (κ2) is 7.56. The van der Waals surface area contributed by atoms with Gasteiger partial charge in [-0.15, -0.1) is 0 Å². The van der Waals surface area contributed by atoms with E-state index in [1.807, 2.05) is 0 Å². The molecular formula is C15H13BrN2O4. The number of rotatable bonds is 5. The highest BCUT2D eigenvalue weighted by atomic mass is 79.9. The van der Waals surface area contributed by atoms with Gasteiger partial charge in [0.25, 0.3) is 5.91 Å². The summed E-state index contributed by atoms with van der Waals surface area (Å²) in [6.07, 6.45) is 2.91. The summed E-state index contributed by atoms with van der Waals surface area (Å²) in [6, 6.07) is 8.52. The Morgan fingerprint density at radius 1 is 1.27 bits per heavy atom. The molecule has 1 amide bonds. The lowest BCUT2D eigenvalue weighted by Crippen LogP contribution is -2.21. The van der Waals surface area contributed by atoms with E-state index in [1.54, 1.807) is 36.5 Å². The van der Waals surface area contributed by atoms with E-state index >= 15 is 0 Å². The van der Waals surface area contributed by atoms with Crippen LogP contribution in [0.4, 0.5) is 5.69 Å². The number of halogens is 1. The third kappa shape index (κ3) is 4.29. The van der Waals surface area contributed by atoms with Gasteiger partial charge in [-0.05, 0) is 34.1 Å². The van der Waals surface area contributed by atoms with Gasteiger partial charge in [0.1, 0.15) is 5.75 Å². The summed E-state index contributed by atoms with van der Waals surface area (Å²) >= 11 is 3.21. The molecule has 2 aromatic rings. The number of ether oxygens (including phenoxy) is 2. The fraction of sp³-hybridized carbons (Fsp3) is 0.133. The van der Waals surface area contributed by atoms with Crippen LogP contribution in [0.2, 0.25) is 0 Å². The van der Waals surface area contributed by atoms with Gasteiger partial charge in [0.2, 0.25) is 0 Å². The van der Waals surface area contributed by atoms with Crippen molar-refractivity contribution >= 4 is 33.5 Å². The lowest BCUT2D eigenvalue weighted by molar-refractivity contribution is -0.119. The van der Waals surface area contributed by atoms with Crippen LogP contribution in [0.25, 0.3) is 0 Å². The SMILES string of the molecule is COc1ccccc1NC(=O)COC(=O)c1cncc(Br)c1. The Hall–Kier alpha value is -2.41. The molecule has 0 aliphatic carbocycles.